The highest BCUT2D eigenvalue weighted by molar-refractivity contribution is 6.30. The minimum Gasteiger partial charge on any atom is -0.381 e. The minimum absolute atomic E-state index is 0.240. The zero-order valence-corrected chi connectivity index (χ0v) is 9.34. The minimum atomic E-state index is -0.240. The summed E-state index contributed by atoms with van der Waals surface area (Å²) in [7, 11) is 0. The van der Waals surface area contributed by atoms with Gasteiger partial charge >= 0.3 is 0 Å². The molecule has 0 unspecified atom stereocenters. The maximum atomic E-state index is 12.9. The van der Waals surface area contributed by atoms with Gasteiger partial charge in [0, 0.05) is 17.3 Å². The van der Waals surface area contributed by atoms with E-state index in [1.807, 2.05) is 30.3 Å². The third kappa shape index (κ3) is 2.97. The lowest BCUT2D eigenvalue weighted by Gasteiger charge is -2.06. The summed E-state index contributed by atoms with van der Waals surface area (Å²) < 4.78 is 12.9. The highest BCUT2D eigenvalue weighted by Crippen LogP contribution is 2.14. The van der Waals surface area contributed by atoms with Crippen LogP contribution in [-0.4, -0.2) is 0 Å². The van der Waals surface area contributed by atoms with Crippen molar-refractivity contribution in [3.63, 3.8) is 0 Å². The molecular formula is C13H11ClFN. The first-order valence-electron chi connectivity index (χ1n) is 4.98. The Hall–Kier alpha value is -1.54. The van der Waals surface area contributed by atoms with E-state index in [0.717, 1.165) is 11.3 Å². The average Bonchev–Trinajstić information content (AvgIpc) is 2.27. The number of rotatable bonds is 3. The Morgan fingerprint density at radius 3 is 2.62 bits per heavy atom. The van der Waals surface area contributed by atoms with Gasteiger partial charge in [-0.3, -0.25) is 0 Å². The van der Waals surface area contributed by atoms with Crippen LogP contribution in [0.4, 0.5) is 10.1 Å². The first-order chi connectivity index (χ1) is 7.74. The third-order valence-electron chi connectivity index (χ3n) is 2.21. The molecule has 0 amide bonds. The molecule has 0 aliphatic carbocycles. The summed E-state index contributed by atoms with van der Waals surface area (Å²) in [5.74, 6) is -0.240. The average molecular weight is 236 g/mol. The van der Waals surface area contributed by atoms with Gasteiger partial charge < -0.3 is 5.32 Å². The van der Waals surface area contributed by atoms with Crippen molar-refractivity contribution in [3.05, 3.63) is 64.9 Å². The van der Waals surface area contributed by atoms with E-state index in [9.17, 15) is 4.39 Å². The van der Waals surface area contributed by atoms with Crippen molar-refractivity contribution in [2.75, 3.05) is 5.32 Å². The summed E-state index contributed by atoms with van der Waals surface area (Å²) in [4.78, 5) is 0. The lowest BCUT2D eigenvalue weighted by molar-refractivity contribution is 0.628. The van der Waals surface area contributed by atoms with E-state index in [1.54, 1.807) is 6.07 Å². The Kier molecular flexibility index (Phi) is 3.42. The molecule has 82 valence electrons. The number of nitrogens with one attached hydrogen (secondary N) is 1. The van der Waals surface area contributed by atoms with Crippen LogP contribution in [-0.2, 0) is 6.54 Å². The maximum Gasteiger partial charge on any atom is 0.125 e. The van der Waals surface area contributed by atoms with Crippen molar-refractivity contribution >= 4 is 17.3 Å². The molecule has 0 spiro atoms. The second-order valence-electron chi connectivity index (χ2n) is 3.49. The Labute approximate surface area is 98.9 Å². The Bertz CT molecular complexity index is 439. The zero-order valence-electron chi connectivity index (χ0n) is 8.58. The monoisotopic (exact) mass is 235 g/mol. The van der Waals surface area contributed by atoms with E-state index in [4.69, 9.17) is 11.6 Å². The third-order valence-corrected chi connectivity index (χ3v) is 2.45. The molecule has 0 radical (unpaired) electrons. The van der Waals surface area contributed by atoms with Gasteiger partial charge in [-0.05, 0) is 35.9 Å². The van der Waals surface area contributed by atoms with Crippen LogP contribution in [0.25, 0.3) is 0 Å². The molecule has 0 saturated heterocycles. The summed E-state index contributed by atoms with van der Waals surface area (Å²) in [6, 6.07) is 14.0. The van der Waals surface area contributed by atoms with Gasteiger partial charge in [0.05, 0.1) is 0 Å². The number of benzene rings is 2. The van der Waals surface area contributed by atoms with Gasteiger partial charge in [-0.25, -0.2) is 4.39 Å². The predicted octanol–water partition coefficient (Wildman–Crippen LogP) is 4.09. The van der Waals surface area contributed by atoms with E-state index in [0.29, 0.717) is 11.6 Å². The zero-order chi connectivity index (χ0) is 11.4. The number of hydrogen-bond donors (Lipinski definition) is 1. The van der Waals surface area contributed by atoms with Crippen molar-refractivity contribution < 1.29 is 4.39 Å². The van der Waals surface area contributed by atoms with Crippen LogP contribution >= 0.6 is 11.6 Å². The van der Waals surface area contributed by atoms with Crippen LogP contribution in [0.2, 0.25) is 5.02 Å². The van der Waals surface area contributed by atoms with Crippen molar-refractivity contribution in [2.45, 2.75) is 6.54 Å². The quantitative estimate of drug-likeness (QED) is 0.845. The normalized spacial score (nSPS) is 10.1. The fourth-order valence-electron chi connectivity index (χ4n) is 1.45. The van der Waals surface area contributed by atoms with Crippen LogP contribution in [0.3, 0.4) is 0 Å². The number of hydrogen-bond acceptors (Lipinski definition) is 1. The van der Waals surface area contributed by atoms with E-state index in [1.165, 1.54) is 12.1 Å². The predicted molar refractivity (Wildman–Crippen MR) is 65.2 cm³/mol. The van der Waals surface area contributed by atoms with Crippen molar-refractivity contribution in [1.29, 1.82) is 0 Å². The molecule has 0 saturated carbocycles. The van der Waals surface area contributed by atoms with Crippen LogP contribution in [0, 0.1) is 5.82 Å². The molecular weight excluding hydrogens is 225 g/mol. The topological polar surface area (TPSA) is 12.0 Å². The molecule has 3 heteroatoms. The fraction of sp³-hybridized carbons (Fsp3) is 0.0769. The van der Waals surface area contributed by atoms with Gasteiger partial charge in [0.2, 0.25) is 0 Å². The largest absolute Gasteiger partial charge is 0.381 e. The molecule has 2 aromatic rings. The molecule has 0 atom stereocenters. The lowest BCUT2D eigenvalue weighted by atomic mass is 10.2. The summed E-state index contributed by atoms with van der Waals surface area (Å²) in [5, 5.41) is 3.84. The van der Waals surface area contributed by atoms with Crippen LogP contribution in [0.15, 0.2) is 48.5 Å². The Balaban J connectivity index is 2.02. The second-order valence-corrected chi connectivity index (χ2v) is 3.93. The maximum absolute atomic E-state index is 12.9. The summed E-state index contributed by atoms with van der Waals surface area (Å²) >= 11 is 5.86. The van der Waals surface area contributed by atoms with Crippen LogP contribution in [0.1, 0.15) is 5.56 Å². The molecule has 2 rings (SSSR count). The van der Waals surface area contributed by atoms with Gasteiger partial charge in [-0.15, -0.1) is 0 Å². The molecule has 1 N–H and O–H groups in total. The van der Waals surface area contributed by atoms with E-state index in [-0.39, 0.29) is 5.82 Å². The summed E-state index contributed by atoms with van der Waals surface area (Å²) in [6.07, 6.45) is 0. The molecule has 0 aliphatic rings. The van der Waals surface area contributed by atoms with Gasteiger partial charge in [0.1, 0.15) is 5.82 Å². The highest BCUT2D eigenvalue weighted by atomic mass is 35.5. The SMILES string of the molecule is Fc1cccc(NCc2cccc(Cl)c2)c1. The Morgan fingerprint density at radius 1 is 1.06 bits per heavy atom. The van der Waals surface area contributed by atoms with E-state index >= 15 is 0 Å². The first kappa shape index (κ1) is 11.0. The highest BCUT2D eigenvalue weighted by Gasteiger charge is 1.96. The molecule has 1 nitrogen and oxygen atoms in total. The molecule has 0 heterocycles. The number of anilines is 1. The fourth-order valence-corrected chi connectivity index (χ4v) is 1.66. The second kappa shape index (κ2) is 4.99. The standard InChI is InChI=1S/C13H11ClFN/c14-11-4-1-3-10(7-11)9-16-13-6-2-5-12(15)8-13/h1-8,16H,9H2. The van der Waals surface area contributed by atoms with Crippen molar-refractivity contribution in [2.24, 2.45) is 0 Å². The lowest BCUT2D eigenvalue weighted by Crippen LogP contribution is -1.99. The first-order valence-corrected chi connectivity index (χ1v) is 5.36. The number of halogens is 2. The van der Waals surface area contributed by atoms with Crippen LogP contribution < -0.4 is 5.32 Å². The molecule has 2 aromatic carbocycles. The summed E-state index contributed by atoms with van der Waals surface area (Å²) in [6.45, 7) is 0.629. The molecule has 16 heavy (non-hydrogen) atoms. The molecule has 0 aliphatic heterocycles. The summed E-state index contributed by atoms with van der Waals surface area (Å²) in [5.41, 5.74) is 1.83. The van der Waals surface area contributed by atoms with Crippen molar-refractivity contribution in [3.8, 4) is 0 Å². The van der Waals surface area contributed by atoms with E-state index < -0.39 is 0 Å². The molecule has 0 fully saturated rings. The van der Waals surface area contributed by atoms with Gasteiger partial charge in [0.15, 0.2) is 0 Å². The van der Waals surface area contributed by atoms with E-state index in [2.05, 4.69) is 5.32 Å². The molecule has 0 bridgehead atoms. The Morgan fingerprint density at radius 2 is 1.88 bits per heavy atom. The van der Waals surface area contributed by atoms with Crippen LogP contribution in [0.5, 0.6) is 0 Å². The van der Waals surface area contributed by atoms with Gasteiger partial charge in [-0.2, -0.15) is 0 Å². The molecule has 0 aromatic heterocycles. The van der Waals surface area contributed by atoms with Crippen molar-refractivity contribution in [1.82, 2.24) is 0 Å². The smallest absolute Gasteiger partial charge is 0.125 e. The van der Waals surface area contributed by atoms with Gasteiger partial charge in [-0.1, -0.05) is 29.8 Å². The van der Waals surface area contributed by atoms with Gasteiger partial charge in [0.25, 0.3) is 0 Å².